The SMILES string of the molecule is O=C(Nc1ccc2ccccc2c1)Oc1ccncn1. The van der Waals surface area contributed by atoms with Gasteiger partial charge in [0.15, 0.2) is 0 Å². The molecule has 0 bridgehead atoms. The lowest BCUT2D eigenvalue weighted by atomic mass is 10.1. The number of aromatic nitrogens is 2. The normalized spacial score (nSPS) is 10.2. The molecule has 0 radical (unpaired) electrons. The molecule has 1 N–H and O–H groups in total. The Morgan fingerprint density at radius 3 is 2.70 bits per heavy atom. The number of carbonyl (C=O) groups excluding carboxylic acids is 1. The molecule has 0 aliphatic rings. The molecule has 1 heterocycles. The van der Waals surface area contributed by atoms with Gasteiger partial charge in [0.25, 0.3) is 0 Å². The predicted molar refractivity (Wildman–Crippen MR) is 75.6 cm³/mol. The molecule has 3 rings (SSSR count). The van der Waals surface area contributed by atoms with Crippen LogP contribution in [0.4, 0.5) is 10.5 Å². The quantitative estimate of drug-likeness (QED) is 0.772. The third kappa shape index (κ3) is 2.72. The highest BCUT2D eigenvalue weighted by molar-refractivity contribution is 5.91. The van der Waals surface area contributed by atoms with Gasteiger partial charge in [0, 0.05) is 18.0 Å². The largest absolute Gasteiger partial charge is 0.418 e. The van der Waals surface area contributed by atoms with Crippen LogP contribution in [-0.4, -0.2) is 16.1 Å². The fourth-order valence-corrected chi connectivity index (χ4v) is 1.84. The second-order valence-electron chi connectivity index (χ2n) is 4.12. The van der Waals surface area contributed by atoms with Gasteiger partial charge in [0.1, 0.15) is 6.33 Å². The lowest BCUT2D eigenvalue weighted by Crippen LogP contribution is -2.17. The van der Waals surface area contributed by atoms with Crippen molar-refractivity contribution in [1.82, 2.24) is 9.97 Å². The van der Waals surface area contributed by atoms with E-state index in [0.717, 1.165) is 10.8 Å². The van der Waals surface area contributed by atoms with Gasteiger partial charge in [-0.1, -0.05) is 30.3 Å². The summed E-state index contributed by atoms with van der Waals surface area (Å²) in [7, 11) is 0. The van der Waals surface area contributed by atoms with Crippen LogP contribution < -0.4 is 10.1 Å². The van der Waals surface area contributed by atoms with Crippen molar-refractivity contribution in [3.8, 4) is 5.88 Å². The summed E-state index contributed by atoms with van der Waals surface area (Å²) in [6, 6.07) is 15.1. The third-order valence-electron chi connectivity index (χ3n) is 2.75. The Labute approximate surface area is 115 Å². The van der Waals surface area contributed by atoms with E-state index in [9.17, 15) is 4.79 Å². The highest BCUT2D eigenvalue weighted by Gasteiger charge is 2.06. The fraction of sp³-hybridized carbons (Fsp3) is 0. The van der Waals surface area contributed by atoms with Crippen molar-refractivity contribution in [2.45, 2.75) is 0 Å². The molecule has 5 nitrogen and oxygen atoms in total. The van der Waals surface area contributed by atoms with Crippen molar-refractivity contribution in [3.05, 3.63) is 61.1 Å². The van der Waals surface area contributed by atoms with Gasteiger partial charge in [0.2, 0.25) is 5.88 Å². The molecule has 0 fully saturated rings. The van der Waals surface area contributed by atoms with Crippen molar-refractivity contribution in [2.24, 2.45) is 0 Å². The zero-order chi connectivity index (χ0) is 13.8. The molecule has 0 aliphatic carbocycles. The average molecular weight is 265 g/mol. The smallest absolute Gasteiger partial charge is 0.391 e. The minimum Gasteiger partial charge on any atom is -0.391 e. The Kier molecular flexibility index (Phi) is 3.24. The first-order chi connectivity index (χ1) is 9.81. The molecular formula is C15H11N3O2. The van der Waals surface area contributed by atoms with Crippen molar-refractivity contribution in [3.63, 3.8) is 0 Å². The molecule has 3 aromatic rings. The number of amides is 1. The molecule has 2 aromatic carbocycles. The van der Waals surface area contributed by atoms with Crippen molar-refractivity contribution < 1.29 is 9.53 Å². The van der Waals surface area contributed by atoms with E-state index in [1.165, 1.54) is 18.6 Å². The second-order valence-corrected chi connectivity index (χ2v) is 4.12. The zero-order valence-electron chi connectivity index (χ0n) is 10.5. The molecule has 98 valence electrons. The van der Waals surface area contributed by atoms with Gasteiger partial charge >= 0.3 is 6.09 Å². The monoisotopic (exact) mass is 265 g/mol. The van der Waals surface area contributed by atoms with Gasteiger partial charge in [-0.15, -0.1) is 0 Å². The summed E-state index contributed by atoms with van der Waals surface area (Å²) < 4.78 is 5.03. The van der Waals surface area contributed by atoms with Crippen LogP contribution in [0.3, 0.4) is 0 Å². The third-order valence-corrected chi connectivity index (χ3v) is 2.75. The molecule has 1 aromatic heterocycles. The van der Waals surface area contributed by atoms with Gasteiger partial charge in [-0.05, 0) is 22.9 Å². The summed E-state index contributed by atoms with van der Waals surface area (Å²) >= 11 is 0. The van der Waals surface area contributed by atoms with Crippen LogP contribution in [0.5, 0.6) is 5.88 Å². The Morgan fingerprint density at radius 1 is 1.05 bits per heavy atom. The van der Waals surface area contributed by atoms with Crippen LogP contribution in [0.1, 0.15) is 0 Å². The van der Waals surface area contributed by atoms with Gasteiger partial charge in [0.05, 0.1) is 0 Å². The number of benzene rings is 2. The predicted octanol–water partition coefficient (Wildman–Crippen LogP) is 3.24. The minimum atomic E-state index is -0.584. The molecule has 0 atom stereocenters. The van der Waals surface area contributed by atoms with Crippen LogP contribution in [0.15, 0.2) is 61.1 Å². The standard InChI is InChI=1S/C15H11N3O2/c19-15(20-14-7-8-16-10-17-14)18-13-6-5-11-3-1-2-4-12(11)9-13/h1-10H,(H,18,19). The van der Waals surface area contributed by atoms with E-state index >= 15 is 0 Å². The summed E-state index contributed by atoms with van der Waals surface area (Å²) in [5.41, 5.74) is 0.669. The molecule has 0 unspecified atom stereocenters. The number of fused-ring (bicyclic) bond motifs is 1. The molecule has 20 heavy (non-hydrogen) atoms. The van der Waals surface area contributed by atoms with Gasteiger partial charge < -0.3 is 4.74 Å². The fourth-order valence-electron chi connectivity index (χ4n) is 1.84. The molecule has 1 amide bonds. The number of nitrogens with zero attached hydrogens (tertiary/aromatic N) is 2. The maximum atomic E-state index is 11.7. The summed E-state index contributed by atoms with van der Waals surface area (Å²) in [6.45, 7) is 0. The number of rotatable bonds is 2. The summed E-state index contributed by atoms with van der Waals surface area (Å²) in [5, 5.41) is 4.82. The van der Waals surface area contributed by atoms with Crippen LogP contribution in [0, 0.1) is 0 Å². The lowest BCUT2D eigenvalue weighted by molar-refractivity contribution is 0.213. The van der Waals surface area contributed by atoms with Crippen LogP contribution in [-0.2, 0) is 0 Å². The van der Waals surface area contributed by atoms with E-state index in [4.69, 9.17) is 4.74 Å². The Bertz CT molecular complexity index is 744. The average Bonchev–Trinajstić information content (AvgIpc) is 2.48. The summed E-state index contributed by atoms with van der Waals surface area (Å²) in [5.74, 6) is 0.207. The highest BCUT2D eigenvalue weighted by Crippen LogP contribution is 2.19. The summed E-state index contributed by atoms with van der Waals surface area (Å²) in [6.07, 6.45) is 2.24. The van der Waals surface area contributed by atoms with E-state index in [0.29, 0.717) is 5.69 Å². The molecule has 0 spiro atoms. The molecule has 5 heteroatoms. The van der Waals surface area contributed by atoms with E-state index in [2.05, 4.69) is 15.3 Å². The van der Waals surface area contributed by atoms with E-state index < -0.39 is 6.09 Å². The number of carbonyl (C=O) groups is 1. The van der Waals surface area contributed by atoms with Crippen molar-refractivity contribution >= 4 is 22.6 Å². The Balaban J connectivity index is 1.74. The second kappa shape index (κ2) is 5.36. The Hall–Kier alpha value is -2.95. The first-order valence-corrected chi connectivity index (χ1v) is 6.05. The topological polar surface area (TPSA) is 64.1 Å². The van der Waals surface area contributed by atoms with Gasteiger partial charge in [-0.3, -0.25) is 5.32 Å². The van der Waals surface area contributed by atoms with Crippen LogP contribution >= 0.6 is 0 Å². The molecule has 0 saturated heterocycles. The van der Waals surface area contributed by atoms with Crippen molar-refractivity contribution in [1.29, 1.82) is 0 Å². The molecule has 0 aliphatic heterocycles. The van der Waals surface area contributed by atoms with Gasteiger partial charge in [-0.2, -0.15) is 0 Å². The van der Waals surface area contributed by atoms with Crippen molar-refractivity contribution in [2.75, 3.05) is 5.32 Å². The van der Waals surface area contributed by atoms with E-state index in [-0.39, 0.29) is 5.88 Å². The zero-order valence-corrected chi connectivity index (χ0v) is 10.5. The van der Waals surface area contributed by atoms with Crippen LogP contribution in [0.2, 0.25) is 0 Å². The first-order valence-electron chi connectivity index (χ1n) is 6.05. The first kappa shape index (κ1) is 12.1. The van der Waals surface area contributed by atoms with E-state index in [1.54, 1.807) is 0 Å². The summed E-state index contributed by atoms with van der Waals surface area (Å²) in [4.78, 5) is 19.3. The Morgan fingerprint density at radius 2 is 1.90 bits per heavy atom. The molecular weight excluding hydrogens is 254 g/mol. The number of nitrogens with one attached hydrogen (secondary N) is 1. The molecule has 0 saturated carbocycles. The number of hydrogen-bond acceptors (Lipinski definition) is 4. The maximum Gasteiger partial charge on any atom is 0.418 e. The minimum absolute atomic E-state index is 0.207. The number of ether oxygens (including phenoxy) is 1. The number of hydrogen-bond donors (Lipinski definition) is 1. The van der Waals surface area contributed by atoms with Gasteiger partial charge in [-0.25, -0.2) is 14.8 Å². The van der Waals surface area contributed by atoms with E-state index in [1.807, 2.05) is 42.5 Å². The maximum absolute atomic E-state index is 11.7. The lowest BCUT2D eigenvalue weighted by Gasteiger charge is -2.06. The highest BCUT2D eigenvalue weighted by atomic mass is 16.6. The van der Waals surface area contributed by atoms with Crippen LogP contribution in [0.25, 0.3) is 10.8 Å². The number of anilines is 1.